The predicted octanol–water partition coefficient (Wildman–Crippen LogP) is 0.637. The molecule has 0 saturated carbocycles. The maximum atomic E-state index is 9.24. The molecule has 2 saturated heterocycles. The molecule has 2 heterocycles. The molecule has 4 nitrogen and oxygen atoms in total. The molecule has 0 bridgehead atoms. The Kier molecular flexibility index (Phi) is 3.95. The Morgan fingerprint density at radius 1 is 1.20 bits per heavy atom. The lowest BCUT2D eigenvalue weighted by Crippen LogP contribution is -2.48. The molecule has 0 aliphatic carbocycles. The quantitative estimate of drug-likeness (QED) is 0.671. The molecule has 2 aliphatic rings. The average Bonchev–Trinajstić information content (AvgIpc) is 2.33. The maximum Gasteiger partial charge on any atom is 0.103 e. The summed E-state index contributed by atoms with van der Waals surface area (Å²) in [6, 6.07) is 2.45. The molecular formula is C11H18N2O2. The van der Waals surface area contributed by atoms with Gasteiger partial charge in [-0.2, -0.15) is 5.26 Å². The van der Waals surface area contributed by atoms with Crippen LogP contribution in [-0.4, -0.2) is 50.5 Å². The number of hydrogen-bond donors (Lipinski definition) is 0. The van der Waals surface area contributed by atoms with Crippen LogP contribution in [0.1, 0.15) is 12.8 Å². The Hall–Kier alpha value is -0.630. The van der Waals surface area contributed by atoms with Crippen molar-refractivity contribution in [3.8, 4) is 6.07 Å². The van der Waals surface area contributed by atoms with Crippen LogP contribution in [0.15, 0.2) is 0 Å². The van der Waals surface area contributed by atoms with Gasteiger partial charge in [0.05, 0.1) is 25.9 Å². The van der Waals surface area contributed by atoms with Crippen LogP contribution in [0.25, 0.3) is 0 Å². The summed E-state index contributed by atoms with van der Waals surface area (Å²) in [6.07, 6.45) is 2.21. The van der Waals surface area contributed by atoms with E-state index in [9.17, 15) is 5.26 Å². The fraction of sp³-hybridized carbons (Fsp3) is 0.909. The van der Waals surface area contributed by atoms with E-state index >= 15 is 0 Å². The van der Waals surface area contributed by atoms with Crippen molar-refractivity contribution >= 4 is 0 Å². The van der Waals surface area contributed by atoms with E-state index in [1.54, 1.807) is 0 Å². The van der Waals surface area contributed by atoms with Crippen molar-refractivity contribution in [3.63, 3.8) is 0 Å². The van der Waals surface area contributed by atoms with Crippen molar-refractivity contribution in [3.05, 3.63) is 0 Å². The zero-order valence-corrected chi connectivity index (χ0v) is 9.02. The molecule has 0 aromatic rings. The van der Waals surface area contributed by atoms with E-state index in [1.807, 2.05) is 0 Å². The molecule has 15 heavy (non-hydrogen) atoms. The number of hydrogen-bond acceptors (Lipinski definition) is 4. The second-order valence-corrected chi connectivity index (χ2v) is 4.20. The van der Waals surface area contributed by atoms with Crippen LogP contribution in [0.4, 0.5) is 0 Å². The van der Waals surface area contributed by atoms with Crippen LogP contribution in [0, 0.1) is 17.2 Å². The molecule has 84 valence electrons. The van der Waals surface area contributed by atoms with E-state index in [1.165, 1.54) is 0 Å². The summed E-state index contributed by atoms with van der Waals surface area (Å²) in [5.41, 5.74) is 0. The van der Waals surface area contributed by atoms with E-state index in [-0.39, 0.29) is 6.04 Å². The summed E-state index contributed by atoms with van der Waals surface area (Å²) in [7, 11) is 0. The minimum absolute atomic E-state index is 0.0224. The van der Waals surface area contributed by atoms with Crippen LogP contribution >= 0.6 is 0 Å². The average molecular weight is 210 g/mol. The van der Waals surface area contributed by atoms with Gasteiger partial charge in [-0.3, -0.25) is 4.90 Å². The molecule has 2 fully saturated rings. The molecule has 0 amide bonds. The Bertz CT molecular complexity index is 209. The van der Waals surface area contributed by atoms with Crippen LogP contribution in [0.3, 0.4) is 0 Å². The highest BCUT2D eigenvalue weighted by Gasteiger charge is 2.30. The molecule has 0 spiro atoms. The third-order valence-electron chi connectivity index (χ3n) is 3.21. The Labute approximate surface area is 90.8 Å². The summed E-state index contributed by atoms with van der Waals surface area (Å²) in [5, 5.41) is 9.24. The van der Waals surface area contributed by atoms with Gasteiger partial charge in [0.2, 0.25) is 0 Å². The van der Waals surface area contributed by atoms with Gasteiger partial charge in [0, 0.05) is 25.6 Å². The summed E-state index contributed by atoms with van der Waals surface area (Å²) < 4.78 is 10.7. The summed E-state index contributed by atoms with van der Waals surface area (Å²) in [6.45, 7) is 4.88. The molecule has 0 aromatic carbocycles. The predicted molar refractivity (Wildman–Crippen MR) is 55.3 cm³/mol. The monoisotopic (exact) mass is 210 g/mol. The lowest BCUT2D eigenvalue weighted by molar-refractivity contribution is -0.0158. The van der Waals surface area contributed by atoms with E-state index in [0.717, 1.165) is 52.4 Å². The third kappa shape index (κ3) is 2.69. The summed E-state index contributed by atoms with van der Waals surface area (Å²) >= 11 is 0. The lowest BCUT2D eigenvalue weighted by Gasteiger charge is -2.36. The molecule has 4 heteroatoms. The number of nitrogens with zero attached hydrogens (tertiary/aromatic N) is 2. The number of morpholine rings is 1. The Morgan fingerprint density at radius 2 is 2.00 bits per heavy atom. The smallest absolute Gasteiger partial charge is 0.103 e. The van der Waals surface area contributed by atoms with Gasteiger partial charge in [0.1, 0.15) is 6.04 Å². The second-order valence-electron chi connectivity index (χ2n) is 4.20. The molecule has 0 radical (unpaired) electrons. The van der Waals surface area contributed by atoms with Crippen LogP contribution in [-0.2, 0) is 9.47 Å². The summed E-state index contributed by atoms with van der Waals surface area (Å²) in [5.74, 6) is 0.391. The zero-order chi connectivity index (χ0) is 10.5. The molecule has 2 unspecified atom stereocenters. The number of nitriles is 1. The van der Waals surface area contributed by atoms with Gasteiger partial charge in [-0.15, -0.1) is 0 Å². The minimum Gasteiger partial charge on any atom is -0.381 e. The van der Waals surface area contributed by atoms with Crippen molar-refractivity contribution in [2.75, 3.05) is 39.5 Å². The lowest BCUT2D eigenvalue weighted by atomic mass is 9.93. The van der Waals surface area contributed by atoms with Crippen molar-refractivity contribution < 1.29 is 9.47 Å². The highest BCUT2D eigenvalue weighted by Crippen LogP contribution is 2.21. The first-order valence-corrected chi connectivity index (χ1v) is 5.71. The maximum absolute atomic E-state index is 9.24. The molecular weight excluding hydrogens is 192 g/mol. The Morgan fingerprint density at radius 3 is 2.60 bits per heavy atom. The molecule has 0 aromatic heterocycles. The highest BCUT2D eigenvalue weighted by atomic mass is 16.5. The second kappa shape index (κ2) is 5.45. The van der Waals surface area contributed by atoms with Gasteiger partial charge in [-0.25, -0.2) is 0 Å². The van der Waals surface area contributed by atoms with E-state index in [0.29, 0.717) is 5.92 Å². The first-order chi connectivity index (χ1) is 7.42. The van der Waals surface area contributed by atoms with Gasteiger partial charge in [0.15, 0.2) is 0 Å². The number of rotatable bonds is 2. The van der Waals surface area contributed by atoms with Crippen molar-refractivity contribution in [2.45, 2.75) is 18.9 Å². The van der Waals surface area contributed by atoms with Gasteiger partial charge >= 0.3 is 0 Å². The van der Waals surface area contributed by atoms with Gasteiger partial charge < -0.3 is 9.47 Å². The topological polar surface area (TPSA) is 45.5 Å². The third-order valence-corrected chi connectivity index (χ3v) is 3.21. The largest absolute Gasteiger partial charge is 0.381 e. The molecule has 2 atom stereocenters. The number of ether oxygens (including phenoxy) is 2. The van der Waals surface area contributed by atoms with Crippen LogP contribution < -0.4 is 0 Å². The van der Waals surface area contributed by atoms with Gasteiger partial charge in [-0.1, -0.05) is 0 Å². The van der Waals surface area contributed by atoms with Crippen LogP contribution in [0.2, 0.25) is 0 Å². The van der Waals surface area contributed by atoms with E-state index < -0.39 is 0 Å². The van der Waals surface area contributed by atoms with Gasteiger partial charge in [0.25, 0.3) is 0 Å². The minimum atomic E-state index is 0.0224. The fourth-order valence-corrected chi connectivity index (χ4v) is 2.36. The first-order valence-electron chi connectivity index (χ1n) is 5.71. The van der Waals surface area contributed by atoms with Crippen LogP contribution in [0.5, 0.6) is 0 Å². The zero-order valence-electron chi connectivity index (χ0n) is 9.02. The molecule has 2 aliphatic heterocycles. The van der Waals surface area contributed by atoms with Gasteiger partial charge in [-0.05, 0) is 12.8 Å². The van der Waals surface area contributed by atoms with Crippen molar-refractivity contribution in [1.29, 1.82) is 5.26 Å². The highest BCUT2D eigenvalue weighted by molar-refractivity contribution is 4.97. The Balaban J connectivity index is 1.92. The normalized spacial score (nSPS) is 30.7. The molecule has 2 rings (SSSR count). The standard InChI is InChI=1S/C11H18N2O2/c12-8-11(10-2-1-5-15-9-10)13-3-6-14-7-4-13/h10-11H,1-7,9H2. The van der Waals surface area contributed by atoms with E-state index in [4.69, 9.17) is 9.47 Å². The fourth-order valence-electron chi connectivity index (χ4n) is 2.36. The SMILES string of the molecule is N#CC(C1CCCOC1)N1CCOCC1. The molecule has 0 N–H and O–H groups in total. The van der Waals surface area contributed by atoms with Crippen molar-refractivity contribution in [1.82, 2.24) is 4.90 Å². The van der Waals surface area contributed by atoms with Crippen molar-refractivity contribution in [2.24, 2.45) is 5.92 Å². The summed E-state index contributed by atoms with van der Waals surface area (Å²) in [4.78, 5) is 2.24. The van der Waals surface area contributed by atoms with E-state index in [2.05, 4.69) is 11.0 Å². The first kappa shape index (κ1) is 10.9.